The summed E-state index contributed by atoms with van der Waals surface area (Å²) >= 11 is 0. The standard InChI is InChI=1S/C8H14O/c1-8(2)6-7(8)4-3-5-9/h3-4,7,9H,5-6H2,1-2H3/b4-3+/t7-/m0/s1. The number of hydrogen-bond acceptors (Lipinski definition) is 1. The molecule has 0 aromatic carbocycles. The molecule has 1 rings (SSSR count). The first kappa shape index (κ1) is 6.81. The molecular weight excluding hydrogens is 112 g/mol. The summed E-state index contributed by atoms with van der Waals surface area (Å²) in [6.45, 7) is 4.69. The third kappa shape index (κ3) is 1.55. The number of aliphatic hydroxyl groups excluding tert-OH is 1. The molecule has 0 aromatic rings. The minimum Gasteiger partial charge on any atom is -0.392 e. The second-order valence-electron chi connectivity index (χ2n) is 3.41. The molecule has 1 fully saturated rings. The molecule has 1 aliphatic carbocycles. The predicted molar refractivity (Wildman–Crippen MR) is 38.1 cm³/mol. The first-order valence-electron chi connectivity index (χ1n) is 3.44. The topological polar surface area (TPSA) is 20.2 Å². The van der Waals surface area contributed by atoms with E-state index in [1.807, 2.05) is 6.08 Å². The Labute approximate surface area is 56.4 Å². The summed E-state index contributed by atoms with van der Waals surface area (Å²) in [5.41, 5.74) is 0.520. The molecule has 0 aliphatic heterocycles. The van der Waals surface area contributed by atoms with Crippen LogP contribution in [0.3, 0.4) is 0 Å². The molecule has 1 atom stereocenters. The smallest absolute Gasteiger partial charge is 0.0612 e. The molecule has 0 amide bonds. The minimum atomic E-state index is 0.187. The lowest BCUT2D eigenvalue weighted by Crippen LogP contribution is -1.86. The van der Waals surface area contributed by atoms with Gasteiger partial charge in [-0.1, -0.05) is 26.0 Å². The molecular formula is C8H14O. The van der Waals surface area contributed by atoms with Gasteiger partial charge in [0.15, 0.2) is 0 Å². The highest BCUT2D eigenvalue weighted by Crippen LogP contribution is 2.52. The van der Waals surface area contributed by atoms with Crippen LogP contribution in [0.4, 0.5) is 0 Å². The molecule has 1 aliphatic rings. The Morgan fingerprint density at radius 1 is 1.67 bits per heavy atom. The van der Waals surface area contributed by atoms with Crippen molar-refractivity contribution < 1.29 is 5.11 Å². The van der Waals surface area contributed by atoms with Crippen LogP contribution in [0.5, 0.6) is 0 Å². The van der Waals surface area contributed by atoms with E-state index in [4.69, 9.17) is 5.11 Å². The van der Waals surface area contributed by atoms with Crippen LogP contribution < -0.4 is 0 Å². The van der Waals surface area contributed by atoms with Gasteiger partial charge < -0.3 is 5.11 Å². The molecule has 1 N–H and O–H groups in total. The monoisotopic (exact) mass is 126 g/mol. The van der Waals surface area contributed by atoms with Crippen molar-refractivity contribution >= 4 is 0 Å². The Hall–Kier alpha value is -0.300. The Bertz CT molecular complexity index is 125. The van der Waals surface area contributed by atoms with Gasteiger partial charge in [-0.25, -0.2) is 0 Å². The molecule has 0 heterocycles. The molecule has 0 radical (unpaired) electrons. The number of allylic oxidation sites excluding steroid dienone is 1. The molecule has 52 valence electrons. The Morgan fingerprint density at radius 2 is 2.22 bits per heavy atom. The molecule has 0 unspecified atom stereocenters. The largest absolute Gasteiger partial charge is 0.392 e. The van der Waals surface area contributed by atoms with Crippen molar-refractivity contribution in [2.24, 2.45) is 11.3 Å². The van der Waals surface area contributed by atoms with Gasteiger partial charge in [-0.15, -0.1) is 0 Å². The van der Waals surface area contributed by atoms with E-state index in [0.29, 0.717) is 5.41 Å². The van der Waals surface area contributed by atoms with Crippen molar-refractivity contribution in [3.8, 4) is 0 Å². The van der Waals surface area contributed by atoms with Crippen molar-refractivity contribution in [2.75, 3.05) is 6.61 Å². The first-order chi connectivity index (χ1) is 4.17. The van der Waals surface area contributed by atoms with Gasteiger partial charge in [-0.05, 0) is 17.8 Å². The summed E-state index contributed by atoms with van der Waals surface area (Å²) in [6.07, 6.45) is 5.23. The molecule has 9 heavy (non-hydrogen) atoms. The van der Waals surface area contributed by atoms with Crippen molar-refractivity contribution in [1.82, 2.24) is 0 Å². The van der Waals surface area contributed by atoms with Crippen LogP contribution in [0.15, 0.2) is 12.2 Å². The average molecular weight is 126 g/mol. The van der Waals surface area contributed by atoms with E-state index in [0.717, 1.165) is 5.92 Å². The zero-order valence-electron chi connectivity index (χ0n) is 6.09. The van der Waals surface area contributed by atoms with Crippen LogP contribution in [-0.2, 0) is 0 Å². The van der Waals surface area contributed by atoms with Crippen LogP contribution in [0.1, 0.15) is 20.3 Å². The number of aliphatic hydroxyl groups is 1. The van der Waals surface area contributed by atoms with Gasteiger partial charge in [-0.3, -0.25) is 0 Å². The summed E-state index contributed by atoms with van der Waals surface area (Å²) in [4.78, 5) is 0. The Kier molecular flexibility index (Phi) is 1.62. The third-order valence-corrected chi connectivity index (χ3v) is 2.06. The van der Waals surface area contributed by atoms with Crippen LogP contribution in [0, 0.1) is 11.3 Å². The van der Waals surface area contributed by atoms with Gasteiger partial charge in [0.05, 0.1) is 6.61 Å². The Morgan fingerprint density at radius 3 is 2.56 bits per heavy atom. The maximum atomic E-state index is 8.43. The van der Waals surface area contributed by atoms with E-state index in [9.17, 15) is 0 Å². The van der Waals surface area contributed by atoms with Crippen molar-refractivity contribution in [3.63, 3.8) is 0 Å². The first-order valence-corrected chi connectivity index (χ1v) is 3.44. The lowest BCUT2D eigenvalue weighted by molar-refractivity contribution is 0.342. The normalized spacial score (nSPS) is 31.2. The quantitative estimate of drug-likeness (QED) is 0.557. The molecule has 0 saturated heterocycles. The highest BCUT2D eigenvalue weighted by molar-refractivity contribution is 5.07. The second-order valence-corrected chi connectivity index (χ2v) is 3.41. The van der Waals surface area contributed by atoms with Gasteiger partial charge in [-0.2, -0.15) is 0 Å². The van der Waals surface area contributed by atoms with Crippen molar-refractivity contribution in [1.29, 1.82) is 0 Å². The van der Waals surface area contributed by atoms with Crippen LogP contribution in [-0.4, -0.2) is 11.7 Å². The summed E-state index contributed by atoms with van der Waals surface area (Å²) in [5, 5.41) is 8.43. The van der Waals surface area contributed by atoms with E-state index in [-0.39, 0.29) is 6.61 Å². The van der Waals surface area contributed by atoms with E-state index >= 15 is 0 Å². The van der Waals surface area contributed by atoms with Crippen LogP contribution in [0.2, 0.25) is 0 Å². The zero-order valence-corrected chi connectivity index (χ0v) is 6.09. The maximum absolute atomic E-state index is 8.43. The van der Waals surface area contributed by atoms with E-state index < -0.39 is 0 Å². The van der Waals surface area contributed by atoms with Crippen LogP contribution in [0.25, 0.3) is 0 Å². The molecule has 0 bridgehead atoms. The van der Waals surface area contributed by atoms with E-state index in [1.165, 1.54) is 6.42 Å². The fourth-order valence-electron chi connectivity index (χ4n) is 1.06. The van der Waals surface area contributed by atoms with E-state index in [2.05, 4.69) is 19.9 Å². The Balaban J connectivity index is 2.27. The molecule has 0 spiro atoms. The van der Waals surface area contributed by atoms with Crippen molar-refractivity contribution in [2.45, 2.75) is 20.3 Å². The molecule has 1 nitrogen and oxygen atoms in total. The number of rotatable bonds is 2. The van der Waals surface area contributed by atoms with Gasteiger partial charge in [0.1, 0.15) is 0 Å². The van der Waals surface area contributed by atoms with Gasteiger partial charge >= 0.3 is 0 Å². The van der Waals surface area contributed by atoms with Gasteiger partial charge in [0.2, 0.25) is 0 Å². The van der Waals surface area contributed by atoms with Crippen LogP contribution >= 0.6 is 0 Å². The summed E-state index contributed by atoms with van der Waals surface area (Å²) < 4.78 is 0. The highest BCUT2D eigenvalue weighted by Gasteiger charge is 2.43. The fourth-order valence-corrected chi connectivity index (χ4v) is 1.06. The van der Waals surface area contributed by atoms with Gasteiger partial charge in [0, 0.05) is 0 Å². The lowest BCUT2D eigenvalue weighted by Gasteiger charge is -1.94. The summed E-state index contributed by atoms with van der Waals surface area (Å²) in [6, 6.07) is 0. The minimum absolute atomic E-state index is 0.187. The highest BCUT2D eigenvalue weighted by atomic mass is 16.2. The molecule has 0 aromatic heterocycles. The summed E-state index contributed by atoms with van der Waals surface area (Å²) in [7, 11) is 0. The molecule has 1 heteroatoms. The predicted octanol–water partition coefficient (Wildman–Crippen LogP) is 1.58. The average Bonchev–Trinajstić information content (AvgIpc) is 2.35. The maximum Gasteiger partial charge on any atom is 0.0612 e. The summed E-state index contributed by atoms with van der Waals surface area (Å²) in [5.74, 6) is 0.727. The zero-order chi connectivity index (χ0) is 6.91. The third-order valence-electron chi connectivity index (χ3n) is 2.06. The second kappa shape index (κ2) is 2.14. The van der Waals surface area contributed by atoms with Crippen molar-refractivity contribution in [3.05, 3.63) is 12.2 Å². The lowest BCUT2D eigenvalue weighted by atomic mass is 10.1. The molecule has 1 saturated carbocycles. The SMILES string of the molecule is CC1(C)C[C@@H]1/C=C/CO. The fraction of sp³-hybridized carbons (Fsp3) is 0.750. The number of hydrogen-bond donors (Lipinski definition) is 1. The van der Waals surface area contributed by atoms with Gasteiger partial charge in [0.25, 0.3) is 0 Å². The van der Waals surface area contributed by atoms with E-state index in [1.54, 1.807) is 0 Å².